The van der Waals surface area contributed by atoms with Gasteiger partial charge in [-0.1, -0.05) is 0 Å². The second-order valence-electron chi connectivity index (χ2n) is 3.79. The highest BCUT2D eigenvalue weighted by atomic mass is 19.3. The largest absolute Gasteiger partial charge is 0.435 e. The van der Waals surface area contributed by atoms with Gasteiger partial charge >= 0.3 is 6.61 Å². The molecule has 0 aliphatic heterocycles. The first-order valence-corrected chi connectivity index (χ1v) is 6.08. The number of anilines is 1. The molecular weight excluding hydrogens is 256 g/mol. The normalized spacial score (nSPS) is 10.7. The first-order chi connectivity index (χ1) is 9.22. The summed E-state index contributed by atoms with van der Waals surface area (Å²) < 4.78 is 38.4. The molecule has 0 aliphatic rings. The maximum Gasteiger partial charge on any atom is 0.387 e. The van der Waals surface area contributed by atoms with E-state index in [9.17, 15) is 8.78 Å². The van der Waals surface area contributed by atoms with Crippen LogP contribution in [0, 0.1) is 0 Å². The van der Waals surface area contributed by atoms with Gasteiger partial charge in [-0.25, -0.2) is 0 Å². The van der Waals surface area contributed by atoms with Crippen LogP contribution in [0.3, 0.4) is 0 Å². The summed E-state index contributed by atoms with van der Waals surface area (Å²) in [6.07, 6.45) is 0.871. The summed E-state index contributed by atoms with van der Waals surface area (Å²) >= 11 is 0. The van der Waals surface area contributed by atoms with Gasteiger partial charge in [0.2, 0.25) is 0 Å². The second kappa shape index (κ2) is 9.52. The summed E-state index contributed by atoms with van der Waals surface area (Å²) in [5.41, 5.74) is 0.835. The van der Waals surface area contributed by atoms with Crippen molar-refractivity contribution < 1.29 is 23.0 Å². The lowest BCUT2D eigenvalue weighted by Gasteiger charge is -2.08. The van der Waals surface area contributed by atoms with Crippen molar-refractivity contribution in [3.63, 3.8) is 0 Å². The van der Waals surface area contributed by atoms with Gasteiger partial charge in [-0.15, -0.1) is 0 Å². The number of halogens is 2. The zero-order valence-electron chi connectivity index (χ0n) is 10.9. The van der Waals surface area contributed by atoms with Gasteiger partial charge in [-0.3, -0.25) is 0 Å². The molecule has 1 N–H and O–H groups in total. The number of benzene rings is 1. The van der Waals surface area contributed by atoms with E-state index in [-0.39, 0.29) is 5.75 Å². The van der Waals surface area contributed by atoms with E-state index in [1.807, 2.05) is 0 Å². The van der Waals surface area contributed by atoms with Crippen molar-refractivity contribution in [3.05, 3.63) is 24.3 Å². The van der Waals surface area contributed by atoms with E-state index in [1.165, 1.54) is 12.1 Å². The standard InChI is InChI=1S/C13H19F2NO3/c1-17-8-2-9-18-10-7-16-11-3-5-12(6-4-11)19-13(14)15/h3-6,13,16H,2,7-10H2,1H3. The lowest BCUT2D eigenvalue weighted by molar-refractivity contribution is -0.0498. The first kappa shape index (κ1) is 15.7. The number of hydrogen-bond acceptors (Lipinski definition) is 4. The van der Waals surface area contributed by atoms with Crippen LogP contribution >= 0.6 is 0 Å². The molecule has 4 nitrogen and oxygen atoms in total. The highest BCUT2D eigenvalue weighted by Crippen LogP contribution is 2.17. The molecule has 0 amide bonds. The number of rotatable bonds is 10. The Morgan fingerprint density at radius 1 is 1.11 bits per heavy atom. The Kier molecular flexibility index (Phi) is 7.84. The maximum atomic E-state index is 11.9. The lowest BCUT2D eigenvalue weighted by Crippen LogP contribution is -2.10. The third kappa shape index (κ3) is 7.58. The number of methoxy groups -OCH3 is 1. The fourth-order valence-electron chi connectivity index (χ4n) is 1.43. The van der Waals surface area contributed by atoms with Crippen molar-refractivity contribution in [1.29, 1.82) is 0 Å². The fraction of sp³-hybridized carbons (Fsp3) is 0.538. The molecular formula is C13H19F2NO3. The first-order valence-electron chi connectivity index (χ1n) is 6.08. The van der Waals surface area contributed by atoms with Crippen molar-refractivity contribution in [1.82, 2.24) is 0 Å². The Morgan fingerprint density at radius 2 is 1.84 bits per heavy atom. The predicted octanol–water partition coefficient (Wildman–Crippen LogP) is 2.75. The van der Waals surface area contributed by atoms with E-state index in [0.29, 0.717) is 26.4 Å². The SMILES string of the molecule is COCCCOCCNc1ccc(OC(F)F)cc1. The van der Waals surface area contributed by atoms with Crippen molar-refractivity contribution in [2.24, 2.45) is 0 Å². The topological polar surface area (TPSA) is 39.7 Å². The second-order valence-corrected chi connectivity index (χ2v) is 3.79. The van der Waals surface area contributed by atoms with Crippen molar-refractivity contribution in [2.75, 3.05) is 38.8 Å². The molecule has 108 valence electrons. The van der Waals surface area contributed by atoms with Gasteiger partial charge in [-0.2, -0.15) is 8.78 Å². The summed E-state index contributed by atoms with van der Waals surface area (Å²) in [6.45, 7) is -0.198. The van der Waals surface area contributed by atoms with Crippen LogP contribution in [0.5, 0.6) is 5.75 Å². The van der Waals surface area contributed by atoms with E-state index in [1.54, 1.807) is 19.2 Å². The molecule has 0 radical (unpaired) electrons. The third-order valence-electron chi connectivity index (χ3n) is 2.29. The van der Waals surface area contributed by atoms with Crippen molar-refractivity contribution in [3.8, 4) is 5.75 Å². The molecule has 0 saturated carbocycles. The van der Waals surface area contributed by atoms with Crippen molar-refractivity contribution in [2.45, 2.75) is 13.0 Å². The fourth-order valence-corrected chi connectivity index (χ4v) is 1.43. The van der Waals surface area contributed by atoms with Crippen LogP contribution in [0.15, 0.2) is 24.3 Å². The quantitative estimate of drug-likeness (QED) is 0.666. The van der Waals surface area contributed by atoms with Crippen LogP contribution in [0.4, 0.5) is 14.5 Å². The van der Waals surface area contributed by atoms with Gasteiger partial charge in [0, 0.05) is 32.6 Å². The molecule has 19 heavy (non-hydrogen) atoms. The molecule has 0 saturated heterocycles. The Balaban J connectivity index is 2.12. The van der Waals surface area contributed by atoms with Crippen LogP contribution < -0.4 is 10.1 Å². The third-order valence-corrected chi connectivity index (χ3v) is 2.29. The van der Waals surface area contributed by atoms with E-state index in [0.717, 1.165) is 12.1 Å². The molecule has 0 unspecified atom stereocenters. The average Bonchev–Trinajstić information content (AvgIpc) is 2.39. The summed E-state index contributed by atoms with van der Waals surface area (Å²) in [5.74, 6) is 0.149. The number of hydrogen-bond donors (Lipinski definition) is 1. The van der Waals surface area contributed by atoms with E-state index in [2.05, 4.69) is 10.1 Å². The minimum atomic E-state index is -2.79. The Hall–Kier alpha value is -1.40. The monoisotopic (exact) mass is 275 g/mol. The molecule has 0 spiro atoms. The van der Waals surface area contributed by atoms with Crippen LogP contribution in [0.1, 0.15) is 6.42 Å². The van der Waals surface area contributed by atoms with Gasteiger partial charge in [0.05, 0.1) is 6.61 Å². The predicted molar refractivity (Wildman–Crippen MR) is 68.9 cm³/mol. The molecule has 1 aromatic carbocycles. The van der Waals surface area contributed by atoms with Crippen LogP contribution in [-0.4, -0.2) is 40.1 Å². The van der Waals surface area contributed by atoms with Gasteiger partial charge in [0.15, 0.2) is 0 Å². The molecule has 0 heterocycles. The zero-order chi connectivity index (χ0) is 13.9. The van der Waals surface area contributed by atoms with Crippen molar-refractivity contribution >= 4 is 5.69 Å². The van der Waals surface area contributed by atoms with Gasteiger partial charge < -0.3 is 19.5 Å². The zero-order valence-corrected chi connectivity index (χ0v) is 10.9. The minimum Gasteiger partial charge on any atom is -0.435 e. The van der Waals surface area contributed by atoms with Gasteiger partial charge in [0.1, 0.15) is 5.75 Å². The Morgan fingerprint density at radius 3 is 2.47 bits per heavy atom. The summed E-state index contributed by atoms with van der Waals surface area (Å²) in [6, 6.07) is 6.35. The Bertz CT molecular complexity index is 333. The van der Waals surface area contributed by atoms with Gasteiger partial charge in [0.25, 0.3) is 0 Å². The van der Waals surface area contributed by atoms with Crippen LogP contribution in [0.25, 0.3) is 0 Å². The molecule has 1 aromatic rings. The number of ether oxygens (including phenoxy) is 3. The van der Waals surface area contributed by atoms with Crippen LogP contribution in [-0.2, 0) is 9.47 Å². The molecule has 0 aromatic heterocycles. The highest BCUT2D eigenvalue weighted by molar-refractivity contribution is 5.46. The number of alkyl halides is 2. The molecule has 0 fully saturated rings. The van der Waals surface area contributed by atoms with E-state index >= 15 is 0 Å². The van der Waals surface area contributed by atoms with E-state index in [4.69, 9.17) is 9.47 Å². The summed E-state index contributed by atoms with van der Waals surface area (Å²) in [7, 11) is 1.66. The number of nitrogens with one attached hydrogen (secondary N) is 1. The average molecular weight is 275 g/mol. The minimum absolute atomic E-state index is 0.149. The molecule has 0 atom stereocenters. The van der Waals surface area contributed by atoms with E-state index < -0.39 is 6.61 Å². The summed E-state index contributed by atoms with van der Waals surface area (Å²) in [4.78, 5) is 0. The molecule has 6 heteroatoms. The maximum absolute atomic E-state index is 11.9. The van der Waals surface area contributed by atoms with Gasteiger partial charge in [-0.05, 0) is 30.7 Å². The molecule has 1 rings (SSSR count). The lowest BCUT2D eigenvalue weighted by atomic mass is 10.3. The van der Waals surface area contributed by atoms with Crippen LogP contribution in [0.2, 0.25) is 0 Å². The smallest absolute Gasteiger partial charge is 0.387 e. The molecule has 0 aliphatic carbocycles. The summed E-state index contributed by atoms with van der Waals surface area (Å²) in [5, 5.41) is 3.12. The highest BCUT2D eigenvalue weighted by Gasteiger charge is 2.03. The molecule has 0 bridgehead atoms. The Labute approximate surface area is 111 Å².